The average molecular weight is 524 g/mol. The highest BCUT2D eigenvalue weighted by Gasteiger charge is 2.33. The molecule has 0 aliphatic carbocycles. The summed E-state index contributed by atoms with van der Waals surface area (Å²) in [6.07, 6.45) is -9.50. The van der Waals surface area contributed by atoms with Crippen molar-refractivity contribution in [2.24, 2.45) is 10.3 Å². The lowest BCUT2D eigenvalue weighted by molar-refractivity contribution is -0.138. The Hall–Kier alpha value is -3.97. The van der Waals surface area contributed by atoms with Gasteiger partial charge in [0.25, 0.3) is 0 Å². The van der Waals surface area contributed by atoms with Crippen molar-refractivity contribution in [3.05, 3.63) is 58.7 Å². The lowest BCUT2D eigenvalue weighted by atomic mass is 10.1. The van der Waals surface area contributed by atoms with Gasteiger partial charge in [0.1, 0.15) is 17.8 Å². The van der Waals surface area contributed by atoms with Gasteiger partial charge in [0.2, 0.25) is 5.91 Å². The molecule has 2 aromatic rings. The van der Waals surface area contributed by atoms with Crippen LogP contribution in [0.4, 0.5) is 37.7 Å². The minimum absolute atomic E-state index is 0.204. The fourth-order valence-corrected chi connectivity index (χ4v) is 3.29. The number of benzene rings is 2. The molecule has 0 aliphatic heterocycles. The van der Waals surface area contributed by atoms with Crippen molar-refractivity contribution in [3.63, 3.8) is 0 Å². The molecule has 0 saturated carbocycles. The van der Waals surface area contributed by atoms with Gasteiger partial charge < -0.3 is 4.90 Å². The highest BCUT2D eigenvalue weighted by Crippen LogP contribution is 2.36. The third-order valence-electron chi connectivity index (χ3n) is 5.36. The summed E-state index contributed by atoms with van der Waals surface area (Å²) in [4.78, 5) is 15.1. The fraction of sp³-hybridized carbons (Fsp3) is 0.375. The van der Waals surface area contributed by atoms with Crippen molar-refractivity contribution in [2.75, 3.05) is 24.6 Å². The van der Waals surface area contributed by atoms with Gasteiger partial charge in [-0.1, -0.05) is 19.1 Å². The molecule has 0 atom stereocenters. The van der Waals surface area contributed by atoms with Gasteiger partial charge in [-0.25, -0.2) is 0 Å². The number of nitrogens with zero attached hydrogens (tertiary/aromatic N) is 6. The van der Waals surface area contributed by atoms with Gasteiger partial charge in [0.15, 0.2) is 0 Å². The Kier molecular flexibility index (Phi) is 9.74. The van der Waals surface area contributed by atoms with Crippen LogP contribution >= 0.6 is 0 Å². The Balaban J connectivity index is 2.58. The predicted molar refractivity (Wildman–Crippen MR) is 121 cm³/mol. The fourth-order valence-electron chi connectivity index (χ4n) is 3.29. The summed E-state index contributed by atoms with van der Waals surface area (Å²) in [5.41, 5.74) is -4.06. The van der Waals surface area contributed by atoms with Crippen LogP contribution in [0.15, 0.2) is 46.7 Å². The molecule has 0 bridgehead atoms. The van der Waals surface area contributed by atoms with Gasteiger partial charge in [-0.05, 0) is 62.5 Å². The molecule has 1 amide bonds. The number of carbonyl (C=O) groups is 1. The van der Waals surface area contributed by atoms with E-state index in [-0.39, 0.29) is 17.5 Å². The van der Waals surface area contributed by atoms with Gasteiger partial charge in [-0.3, -0.25) is 4.79 Å². The first-order valence-electron chi connectivity index (χ1n) is 11.0. The molecule has 196 valence electrons. The van der Waals surface area contributed by atoms with E-state index in [0.29, 0.717) is 55.3 Å². The molecule has 2 aromatic carbocycles. The third-order valence-corrected chi connectivity index (χ3v) is 5.36. The van der Waals surface area contributed by atoms with Crippen LogP contribution in [0.1, 0.15) is 48.9 Å². The zero-order valence-corrected chi connectivity index (χ0v) is 19.9. The average Bonchev–Trinajstić information content (AvgIpc) is 2.85. The van der Waals surface area contributed by atoms with Gasteiger partial charge in [-0.2, -0.15) is 41.9 Å². The maximum atomic E-state index is 13.4. The molecule has 0 unspecified atom stereocenters. The van der Waals surface area contributed by atoms with E-state index in [1.165, 1.54) is 0 Å². The number of alkyl halides is 6. The molecule has 2 rings (SSSR count). The van der Waals surface area contributed by atoms with E-state index in [0.717, 1.165) is 12.1 Å². The Morgan fingerprint density at radius 2 is 1.43 bits per heavy atom. The highest BCUT2D eigenvalue weighted by atomic mass is 19.4. The zero-order valence-electron chi connectivity index (χ0n) is 19.9. The van der Waals surface area contributed by atoms with Crippen LogP contribution in [0.25, 0.3) is 0 Å². The monoisotopic (exact) mass is 524 g/mol. The smallest absolute Gasteiger partial charge is 0.304 e. The van der Waals surface area contributed by atoms with Crippen molar-refractivity contribution < 1.29 is 31.1 Å². The standard InChI is InChI=1S/C24H22F6N6O/c1-3-35(4-2)11-5-6-22(37)36(21-13-19(24(28,29)30)10-8-17(21)15-32)34-33-20-12-18(23(25,26)27)9-7-16(20)14-31/h7-10,12-13H,3-6,11H2,1-2H3. The van der Waals surface area contributed by atoms with Gasteiger partial charge in [0.05, 0.1) is 27.9 Å². The molecule has 37 heavy (non-hydrogen) atoms. The number of carbonyl (C=O) groups excluding carboxylic acids is 1. The van der Waals surface area contributed by atoms with Crippen LogP contribution in [0.5, 0.6) is 0 Å². The van der Waals surface area contributed by atoms with Crippen molar-refractivity contribution in [2.45, 2.75) is 39.0 Å². The van der Waals surface area contributed by atoms with Crippen molar-refractivity contribution >= 4 is 17.3 Å². The topological polar surface area (TPSA) is 95.8 Å². The molecule has 0 radical (unpaired) electrons. The molecule has 0 spiro atoms. The summed E-state index contributed by atoms with van der Waals surface area (Å²) in [6, 6.07) is 7.43. The molecule has 0 aromatic heterocycles. The summed E-state index contributed by atoms with van der Waals surface area (Å²) in [5.74, 6) is -0.836. The van der Waals surface area contributed by atoms with E-state index < -0.39 is 40.8 Å². The molecule has 0 fully saturated rings. The van der Waals surface area contributed by atoms with Crippen LogP contribution in [0, 0.1) is 22.7 Å². The maximum Gasteiger partial charge on any atom is 0.416 e. The van der Waals surface area contributed by atoms with Gasteiger partial charge >= 0.3 is 12.4 Å². The Labute approximate surface area is 209 Å². The normalized spacial score (nSPS) is 12.0. The van der Waals surface area contributed by atoms with Crippen LogP contribution in [0.2, 0.25) is 0 Å². The number of rotatable bonds is 9. The summed E-state index contributed by atoms with van der Waals surface area (Å²) in [7, 11) is 0. The molecule has 0 saturated heterocycles. The van der Waals surface area contributed by atoms with Crippen LogP contribution in [-0.4, -0.2) is 30.4 Å². The number of nitriles is 2. The highest BCUT2D eigenvalue weighted by molar-refractivity contribution is 5.94. The molecule has 13 heteroatoms. The lowest BCUT2D eigenvalue weighted by Gasteiger charge is -2.21. The molecule has 7 nitrogen and oxygen atoms in total. The van der Waals surface area contributed by atoms with Crippen molar-refractivity contribution in [3.8, 4) is 12.1 Å². The summed E-state index contributed by atoms with van der Waals surface area (Å²) >= 11 is 0. The molecular weight excluding hydrogens is 502 g/mol. The number of halogens is 6. The molecule has 0 heterocycles. The summed E-state index contributed by atoms with van der Waals surface area (Å²) in [6.45, 7) is 5.72. The predicted octanol–water partition coefficient (Wildman–Crippen LogP) is 6.62. The second-order valence-corrected chi connectivity index (χ2v) is 7.71. The van der Waals surface area contributed by atoms with E-state index in [1.54, 1.807) is 12.1 Å². The first kappa shape index (κ1) is 29.3. The first-order valence-corrected chi connectivity index (χ1v) is 11.0. The van der Waals surface area contributed by atoms with Crippen LogP contribution in [0.3, 0.4) is 0 Å². The quantitative estimate of drug-likeness (QED) is 0.209. The summed E-state index contributed by atoms with van der Waals surface area (Å²) in [5, 5.41) is 26.4. The van der Waals surface area contributed by atoms with Crippen LogP contribution in [-0.2, 0) is 17.1 Å². The minimum Gasteiger partial charge on any atom is -0.304 e. The van der Waals surface area contributed by atoms with Gasteiger partial charge in [-0.15, -0.1) is 5.11 Å². The Bertz CT molecular complexity index is 1220. The maximum absolute atomic E-state index is 13.4. The minimum atomic E-state index is -4.81. The largest absolute Gasteiger partial charge is 0.416 e. The Morgan fingerprint density at radius 1 is 0.892 bits per heavy atom. The molecular formula is C24H22F6N6O. The second kappa shape index (κ2) is 12.3. The van der Waals surface area contributed by atoms with E-state index in [1.807, 2.05) is 18.7 Å². The Morgan fingerprint density at radius 3 is 1.95 bits per heavy atom. The van der Waals surface area contributed by atoms with E-state index in [9.17, 15) is 41.7 Å². The zero-order chi connectivity index (χ0) is 27.8. The summed E-state index contributed by atoms with van der Waals surface area (Å²) < 4.78 is 79.5. The third kappa shape index (κ3) is 7.75. The molecule has 0 N–H and O–H groups in total. The van der Waals surface area contributed by atoms with Crippen molar-refractivity contribution in [1.82, 2.24) is 4.90 Å². The van der Waals surface area contributed by atoms with Crippen molar-refractivity contribution in [1.29, 1.82) is 10.5 Å². The number of anilines is 1. The van der Waals surface area contributed by atoms with Gasteiger partial charge in [0, 0.05) is 6.42 Å². The number of hydrogen-bond donors (Lipinski definition) is 0. The number of amides is 1. The van der Waals surface area contributed by atoms with E-state index in [2.05, 4.69) is 10.3 Å². The van der Waals surface area contributed by atoms with E-state index in [4.69, 9.17) is 0 Å². The number of hydrogen-bond acceptors (Lipinski definition) is 6. The SMILES string of the molecule is CCN(CC)CCCC(=O)N(N=Nc1cc(C(F)(F)F)ccc1C#N)c1cc(C(F)(F)F)ccc1C#N. The lowest BCUT2D eigenvalue weighted by Crippen LogP contribution is -2.29. The molecule has 0 aliphatic rings. The first-order chi connectivity index (χ1) is 17.3. The second-order valence-electron chi connectivity index (χ2n) is 7.71. The van der Waals surface area contributed by atoms with Crippen LogP contribution < -0.4 is 5.01 Å². The van der Waals surface area contributed by atoms with E-state index >= 15 is 0 Å².